The van der Waals surface area contributed by atoms with Crippen molar-refractivity contribution in [3.63, 3.8) is 0 Å². The third-order valence-electron chi connectivity index (χ3n) is 12.1. The second-order valence-electron chi connectivity index (χ2n) is 14.0. The van der Waals surface area contributed by atoms with Gasteiger partial charge in [-0.3, -0.25) is 4.90 Å². The Hall–Kier alpha value is -1.30. The summed E-state index contributed by atoms with van der Waals surface area (Å²) in [5.74, 6) is 2.71. The van der Waals surface area contributed by atoms with Crippen LogP contribution in [0, 0.1) is 22.7 Å². The van der Waals surface area contributed by atoms with E-state index in [4.69, 9.17) is 14.2 Å². The van der Waals surface area contributed by atoms with Crippen molar-refractivity contribution in [2.75, 3.05) is 27.3 Å². The second-order valence-corrected chi connectivity index (χ2v) is 14.0. The number of benzene rings is 1. The van der Waals surface area contributed by atoms with Gasteiger partial charge in [-0.2, -0.15) is 0 Å². The van der Waals surface area contributed by atoms with Crippen molar-refractivity contribution in [1.29, 1.82) is 0 Å². The summed E-state index contributed by atoms with van der Waals surface area (Å²) in [5.41, 5.74) is 1.26. The predicted molar refractivity (Wildman–Crippen MR) is 135 cm³/mol. The number of rotatable bonds is 5. The van der Waals surface area contributed by atoms with Crippen LogP contribution in [0.25, 0.3) is 0 Å². The van der Waals surface area contributed by atoms with Crippen molar-refractivity contribution in [3.8, 4) is 11.5 Å². The summed E-state index contributed by atoms with van der Waals surface area (Å²) in [5, 5.41) is 12.3. The molecule has 2 heterocycles. The summed E-state index contributed by atoms with van der Waals surface area (Å²) < 4.78 is 19.6. The maximum absolute atomic E-state index is 12.3. The van der Waals surface area contributed by atoms with E-state index in [0.717, 1.165) is 56.1 Å². The molecule has 0 radical (unpaired) electrons. The van der Waals surface area contributed by atoms with Crippen LogP contribution in [0.2, 0.25) is 0 Å². The molecule has 0 amide bonds. The fraction of sp³-hybridized carbons (Fsp3) is 0.800. The number of ether oxygens (including phenoxy) is 3. The number of likely N-dealkylation sites (tertiary alicyclic amines) is 1. The maximum atomic E-state index is 12.3. The fourth-order valence-corrected chi connectivity index (χ4v) is 9.73. The van der Waals surface area contributed by atoms with Gasteiger partial charge in [0.25, 0.3) is 0 Å². The van der Waals surface area contributed by atoms with Gasteiger partial charge in [0.05, 0.1) is 12.7 Å². The lowest BCUT2D eigenvalue weighted by atomic mass is 9.33. The Balaban J connectivity index is 1.48. The zero-order valence-electron chi connectivity index (χ0n) is 22.4. The van der Waals surface area contributed by atoms with Crippen molar-refractivity contribution in [1.82, 2.24) is 4.90 Å². The number of hydrogen-bond donors (Lipinski definition) is 1. The van der Waals surface area contributed by atoms with Gasteiger partial charge in [-0.1, -0.05) is 26.8 Å². The van der Waals surface area contributed by atoms with Gasteiger partial charge in [0.1, 0.15) is 11.7 Å². The van der Waals surface area contributed by atoms with E-state index < -0.39 is 11.2 Å². The number of fused-ring (bicyclic) bond motifs is 2. The summed E-state index contributed by atoms with van der Waals surface area (Å²) in [6.07, 6.45) is 8.00. The minimum absolute atomic E-state index is 0.0112. The monoisotopic (exact) mass is 481 g/mol. The van der Waals surface area contributed by atoms with Crippen LogP contribution in [-0.4, -0.2) is 60.7 Å². The van der Waals surface area contributed by atoms with Crippen LogP contribution in [-0.2, 0) is 16.6 Å². The van der Waals surface area contributed by atoms with Crippen LogP contribution < -0.4 is 9.47 Å². The van der Waals surface area contributed by atoms with E-state index in [2.05, 4.69) is 44.7 Å². The van der Waals surface area contributed by atoms with E-state index in [9.17, 15) is 5.11 Å². The van der Waals surface area contributed by atoms with Gasteiger partial charge in [0.15, 0.2) is 11.5 Å². The first kappa shape index (κ1) is 22.9. The van der Waals surface area contributed by atoms with Gasteiger partial charge in [-0.15, -0.1) is 0 Å². The first-order valence-corrected chi connectivity index (χ1v) is 13.9. The SMILES string of the molecule is COc1ccc2c3c1OC1[C@@]4(OC)CC[C@@]5(C[C@@H]4C(C)(O)C(C)(C)C)C(C2)N(CC2CC2)CC[C@]315. The Morgan fingerprint density at radius 1 is 1.11 bits per heavy atom. The molecule has 1 saturated heterocycles. The third-order valence-corrected chi connectivity index (χ3v) is 12.1. The molecule has 2 spiro atoms. The molecule has 192 valence electrons. The molecule has 5 fully saturated rings. The highest BCUT2D eigenvalue weighted by Gasteiger charge is 2.82. The van der Waals surface area contributed by atoms with E-state index >= 15 is 0 Å². The van der Waals surface area contributed by atoms with Crippen LogP contribution in [0.5, 0.6) is 11.5 Å². The van der Waals surface area contributed by atoms with Crippen LogP contribution in [0.15, 0.2) is 12.1 Å². The highest BCUT2D eigenvalue weighted by atomic mass is 16.6. The minimum atomic E-state index is -0.879. The summed E-state index contributed by atoms with van der Waals surface area (Å²) in [6, 6.07) is 4.93. The minimum Gasteiger partial charge on any atom is -0.493 e. The molecule has 5 aliphatic carbocycles. The van der Waals surface area contributed by atoms with E-state index in [1.165, 1.54) is 30.5 Å². The molecule has 1 N–H and O–H groups in total. The normalized spacial score (nSPS) is 42.9. The van der Waals surface area contributed by atoms with Gasteiger partial charge in [0, 0.05) is 42.0 Å². The van der Waals surface area contributed by atoms with Crippen LogP contribution in [0.3, 0.4) is 0 Å². The van der Waals surface area contributed by atoms with Crippen molar-refractivity contribution in [3.05, 3.63) is 23.3 Å². The molecule has 35 heavy (non-hydrogen) atoms. The zero-order chi connectivity index (χ0) is 24.6. The van der Waals surface area contributed by atoms with E-state index in [1.807, 2.05) is 7.11 Å². The number of piperidine rings is 1. The highest BCUT2D eigenvalue weighted by Crippen LogP contribution is 2.78. The van der Waals surface area contributed by atoms with Gasteiger partial charge in [-0.25, -0.2) is 0 Å². The number of aliphatic hydroxyl groups is 1. The lowest BCUT2D eigenvalue weighted by molar-refractivity contribution is -0.312. The molecule has 8 rings (SSSR count). The van der Waals surface area contributed by atoms with Crippen molar-refractivity contribution >= 4 is 0 Å². The first-order chi connectivity index (χ1) is 16.6. The highest BCUT2D eigenvalue weighted by molar-refractivity contribution is 5.63. The number of hydrogen-bond acceptors (Lipinski definition) is 5. The van der Waals surface area contributed by atoms with E-state index in [-0.39, 0.29) is 28.3 Å². The molecule has 0 aromatic heterocycles. The average molecular weight is 482 g/mol. The van der Waals surface area contributed by atoms with Crippen LogP contribution in [0.1, 0.15) is 77.3 Å². The Labute approximate surface area is 210 Å². The largest absolute Gasteiger partial charge is 0.493 e. The van der Waals surface area contributed by atoms with Gasteiger partial charge in [0.2, 0.25) is 0 Å². The van der Waals surface area contributed by atoms with Crippen molar-refractivity contribution in [2.24, 2.45) is 22.7 Å². The quantitative estimate of drug-likeness (QED) is 0.660. The standard InChI is InChI=1S/C30H43NO4/c1-26(2,3)27(4,32)21-16-28-11-12-30(21,34-6)25-29(28)13-14-31(17-18-7-8-18)22(28)15-19-9-10-20(33-5)24(35-25)23(19)29/h9-10,18,21-22,25,32H,7-8,11-17H2,1-6H3/t21-,22?,25?,27?,28-,29+,30-/m1/s1. The molecule has 1 aromatic rings. The van der Waals surface area contributed by atoms with Crippen LogP contribution in [0.4, 0.5) is 0 Å². The number of methoxy groups -OCH3 is 2. The third kappa shape index (κ3) is 2.47. The molecular weight excluding hydrogens is 438 g/mol. The molecule has 7 aliphatic rings. The van der Waals surface area contributed by atoms with Gasteiger partial charge >= 0.3 is 0 Å². The van der Waals surface area contributed by atoms with E-state index in [1.54, 1.807) is 7.11 Å². The smallest absolute Gasteiger partial charge is 0.165 e. The Morgan fingerprint density at radius 2 is 1.89 bits per heavy atom. The van der Waals surface area contributed by atoms with Crippen molar-refractivity contribution < 1.29 is 19.3 Å². The summed E-state index contributed by atoms with van der Waals surface area (Å²) in [7, 11) is 3.63. The van der Waals surface area contributed by atoms with E-state index in [0.29, 0.717) is 6.04 Å². The molecule has 7 atom stereocenters. The fourth-order valence-electron chi connectivity index (χ4n) is 9.73. The summed E-state index contributed by atoms with van der Waals surface area (Å²) in [4.78, 5) is 2.86. The summed E-state index contributed by atoms with van der Waals surface area (Å²) in [6.45, 7) is 11.0. The second kappa shape index (κ2) is 6.76. The lowest BCUT2D eigenvalue weighted by Crippen LogP contribution is -2.83. The molecule has 1 aromatic carbocycles. The Kier molecular flexibility index (Phi) is 4.42. The lowest BCUT2D eigenvalue weighted by Gasteiger charge is -2.75. The molecule has 2 aliphatic heterocycles. The van der Waals surface area contributed by atoms with Crippen LogP contribution >= 0.6 is 0 Å². The molecule has 4 saturated carbocycles. The van der Waals surface area contributed by atoms with Crippen molar-refractivity contribution in [2.45, 2.75) is 101 Å². The predicted octanol–water partition coefficient (Wildman–Crippen LogP) is 4.72. The Morgan fingerprint density at radius 3 is 2.54 bits per heavy atom. The molecule has 5 heteroatoms. The molecule has 5 nitrogen and oxygen atoms in total. The topological polar surface area (TPSA) is 51.2 Å². The first-order valence-electron chi connectivity index (χ1n) is 13.9. The summed E-state index contributed by atoms with van der Waals surface area (Å²) >= 11 is 0. The Bertz CT molecular complexity index is 1070. The molecule has 4 bridgehead atoms. The zero-order valence-corrected chi connectivity index (χ0v) is 22.4. The van der Waals surface area contributed by atoms with Gasteiger partial charge < -0.3 is 19.3 Å². The van der Waals surface area contributed by atoms with Gasteiger partial charge in [-0.05, 0) is 81.4 Å². The molecule has 3 unspecified atom stereocenters. The number of nitrogens with zero attached hydrogens (tertiary/aromatic N) is 1. The maximum Gasteiger partial charge on any atom is 0.165 e. The average Bonchev–Trinajstić information content (AvgIpc) is 3.56. The molecular formula is C30H43NO4.